The molecule has 0 fully saturated rings. The highest BCUT2D eigenvalue weighted by molar-refractivity contribution is 9.10. The number of hydrogen-bond acceptors (Lipinski definition) is 2. The number of ether oxygens (including phenoxy) is 1. The molecule has 0 spiro atoms. The minimum Gasteiger partial charge on any atom is -0.385 e. The number of carbonyl (C=O) groups is 1. The molecule has 0 unspecified atom stereocenters. The number of carbonyl (C=O) groups excluding carboxylic acids is 1. The third-order valence-electron chi connectivity index (χ3n) is 2.35. The van der Waals surface area contributed by atoms with E-state index in [1.54, 1.807) is 19.1 Å². The van der Waals surface area contributed by atoms with Crippen molar-refractivity contribution in [1.82, 2.24) is 4.90 Å². The second-order valence-electron chi connectivity index (χ2n) is 3.70. The normalized spacial score (nSPS) is 10.4. The molecular formula is C12H15BrFNO2. The highest BCUT2D eigenvalue weighted by Gasteiger charge is 2.14. The number of benzene rings is 1. The van der Waals surface area contributed by atoms with Crippen LogP contribution in [0.2, 0.25) is 0 Å². The summed E-state index contributed by atoms with van der Waals surface area (Å²) in [7, 11) is 3.34. The quantitative estimate of drug-likeness (QED) is 0.783. The van der Waals surface area contributed by atoms with Crippen LogP contribution in [0.1, 0.15) is 16.8 Å². The van der Waals surface area contributed by atoms with Crippen molar-refractivity contribution >= 4 is 21.8 Å². The molecule has 5 heteroatoms. The molecule has 0 bridgehead atoms. The van der Waals surface area contributed by atoms with Gasteiger partial charge in [-0.15, -0.1) is 0 Å². The minimum atomic E-state index is -0.365. The second kappa shape index (κ2) is 6.71. The van der Waals surface area contributed by atoms with E-state index in [0.717, 1.165) is 6.42 Å². The summed E-state index contributed by atoms with van der Waals surface area (Å²) in [5.74, 6) is -0.497. The van der Waals surface area contributed by atoms with Gasteiger partial charge >= 0.3 is 0 Å². The van der Waals surface area contributed by atoms with Gasteiger partial charge in [0.15, 0.2) is 0 Å². The Balaban J connectivity index is 2.68. The van der Waals surface area contributed by atoms with Crippen LogP contribution in [0.4, 0.5) is 4.39 Å². The molecule has 3 nitrogen and oxygen atoms in total. The zero-order valence-corrected chi connectivity index (χ0v) is 11.5. The molecule has 1 rings (SSSR count). The molecular weight excluding hydrogens is 289 g/mol. The zero-order valence-electron chi connectivity index (χ0n) is 9.87. The number of hydrogen-bond donors (Lipinski definition) is 0. The molecule has 1 aromatic rings. The molecule has 0 aliphatic carbocycles. The van der Waals surface area contributed by atoms with Crippen molar-refractivity contribution in [1.29, 1.82) is 0 Å². The van der Waals surface area contributed by atoms with Crippen LogP contribution in [0.25, 0.3) is 0 Å². The summed E-state index contributed by atoms with van der Waals surface area (Å²) in [5, 5.41) is 0. The molecule has 0 heterocycles. The zero-order chi connectivity index (χ0) is 12.8. The van der Waals surface area contributed by atoms with Gasteiger partial charge in [-0.3, -0.25) is 4.79 Å². The molecule has 1 amide bonds. The highest BCUT2D eigenvalue weighted by Crippen LogP contribution is 2.19. The van der Waals surface area contributed by atoms with Gasteiger partial charge in [0, 0.05) is 31.8 Å². The number of methoxy groups -OCH3 is 1. The fourth-order valence-electron chi connectivity index (χ4n) is 1.42. The molecule has 1 aromatic carbocycles. The van der Waals surface area contributed by atoms with Crippen molar-refractivity contribution in [3.05, 3.63) is 34.1 Å². The Hall–Kier alpha value is -0.940. The Kier molecular flexibility index (Phi) is 5.58. The Morgan fingerprint density at radius 3 is 2.82 bits per heavy atom. The standard InChI is InChI=1S/C12H15BrFNO2/c1-15(6-3-7-17-2)12(16)10-5-4-9(14)8-11(10)13/h4-5,8H,3,6-7H2,1-2H3. The smallest absolute Gasteiger partial charge is 0.254 e. The topological polar surface area (TPSA) is 29.5 Å². The summed E-state index contributed by atoms with van der Waals surface area (Å²) < 4.78 is 18.3. The van der Waals surface area contributed by atoms with E-state index < -0.39 is 0 Å². The van der Waals surface area contributed by atoms with E-state index in [1.165, 1.54) is 18.2 Å². The van der Waals surface area contributed by atoms with E-state index in [9.17, 15) is 9.18 Å². The Labute approximate surface area is 109 Å². The van der Waals surface area contributed by atoms with Crippen molar-refractivity contribution in [2.75, 3.05) is 27.3 Å². The van der Waals surface area contributed by atoms with Crippen LogP contribution in [0.3, 0.4) is 0 Å². The van der Waals surface area contributed by atoms with Crippen LogP contribution in [-0.4, -0.2) is 38.1 Å². The predicted molar refractivity (Wildman–Crippen MR) is 67.6 cm³/mol. The van der Waals surface area contributed by atoms with Crippen molar-refractivity contribution in [2.24, 2.45) is 0 Å². The first-order valence-corrected chi connectivity index (χ1v) is 6.05. The molecule has 17 heavy (non-hydrogen) atoms. The van der Waals surface area contributed by atoms with Crippen LogP contribution in [0.15, 0.2) is 22.7 Å². The van der Waals surface area contributed by atoms with Crippen LogP contribution >= 0.6 is 15.9 Å². The van der Waals surface area contributed by atoms with Gasteiger partial charge in [-0.25, -0.2) is 4.39 Å². The first-order valence-electron chi connectivity index (χ1n) is 5.25. The Morgan fingerprint density at radius 1 is 1.53 bits per heavy atom. The molecule has 0 saturated carbocycles. The van der Waals surface area contributed by atoms with Crippen molar-refractivity contribution in [3.63, 3.8) is 0 Å². The summed E-state index contributed by atoms with van der Waals surface area (Å²) >= 11 is 3.19. The summed E-state index contributed by atoms with van der Waals surface area (Å²) in [4.78, 5) is 13.6. The third kappa shape index (κ3) is 4.09. The number of rotatable bonds is 5. The third-order valence-corrected chi connectivity index (χ3v) is 3.01. The Morgan fingerprint density at radius 2 is 2.24 bits per heavy atom. The van der Waals surface area contributed by atoms with E-state index in [-0.39, 0.29) is 11.7 Å². The molecule has 0 N–H and O–H groups in total. The monoisotopic (exact) mass is 303 g/mol. The van der Waals surface area contributed by atoms with Crippen LogP contribution in [-0.2, 0) is 4.74 Å². The lowest BCUT2D eigenvalue weighted by Gasteiger charge is -2.17. The average molecular weight is 304 g/mol. The molecule has 0 aliphatic rings. The molecule has 0 radical (unpaired) electrons. The molecule has 94 valence electrons. The van der Waals surface area contributed by atoms with E-state index in [4.69, 9.17) is 4.74 Å². The molecule has 0 atom stereocenters. The van der Waals surface area contributed by atoms with E-state index in [2.05, 4.69) is 15.9 Å². The van der Waals surface area contributed by atoms with Crippen molar-refractivity contribution in [2.45, 2.75) is 6.42 Å². The van der Waals surface area contributed by atoms with Gasteiger partial charge in [0.1, 0.15) is 5.82 Å². The average Bonchev–Trinajstić information content (AvgIpc) is 2.28. The fraction of sp³-hybridized carbons (Fsp3) is 0.417. The van der Waals surface area contributed by atoms with E-state index >= 15 is 0 Å². The lowest BCUT2D eigenvalue weighted by atomic mass is 10.2. The maximum absolute atomic E-state index is 12.9. The summed E-state index contributed by atoms with van der Waals surface area (Å²) in [6.45, 7) is 1.22. The lowest BCUT2D eigenvalue weighted by molar-refractivity contribution is 0.0778. The summed E-state index contributed by atoms with van der Waals surface area (Å²) in [5.41, 5.74) is 0.464. The molecule has 0 aromatic heterocycles. The maximum Gasteiger partial charge on any atom is 0.254 e. The molecule has 0 saturated heterocycles. The fourth-order valence-corrected chi connectivity index (χ4v) is 1.94. The van der Waals surface area contributed by atoms with Crippen LogP contribution < -0.4 is 0 Å². The van der Waals surface area contributed by atoms with Gasteiger partial charge in [0.05, 0.1) is 5.56 Å². The summed E-state index contributed by atoms with van der Waals surface area (Å²) in [6, 6.07) is 4.05. The van der Waals surface area contributed by atoms with Gasteiger partial charge in [-0.05, 0) is 40.5 Å². The van der Waals surface area contributed by atoms with Crippen LogP contribution in [0.5, 0.6) is 0 Å². The lowest BCUT2D eigenvalue weighted by Crippen LogP contribution is -2.28. The second-order valence-corrected chi connectivity index (χ2v) is 4.55. The Bertz CT molecular complexity index is 398. The first-order chi connectivity index (χ1) is 8.06. The van der Waals surface area contributed by atoms with Gasteiger partial charge < -0.3 is 9.64 Å². The minimum absolute atomic E-state index is 0.132. The maximum atomic E-state index is 12.9. The van der Waals surface area contributed by atoms with Gasteiger partial charge in [0.25, 0.3) is 5.91 Å². The largest absolute Gasteiger partial charge is 0.385 e. The van der Waals surface area contributed by atoms with Crippen molar-refractivity contribution in [3.8, 4) is 0 Å². The molecule has 0 aliphatic heterocycles. The number of halogens is 2. The van der Waals surface area contributed by atoms with Gasteiger partial charge in [-0.1, -0.05) is 0 Å². The number of nitrogens with zero attached hydrogens (tertiary/aromatic N) is 1. The van der Waals surface area contributed by atoms with Gasteiger partial charge in [0.2, 0.25) is 0 Å². The number of amides is 1. The van der Waals surface area contributed by atoms with E-state index in [0.29, 0.717) is 23.2 Å². The predicted octanol–water partition coefficient (Wildman–Crippen LogP) is 2.70. The van der Waals surface area contributed by atoms with E-state index in [1.807, 2.05) is 0 Å². The van der Waals surface area contributed by atoms with Crippen LogP contribution in [0, 0.1) is 5.82 Å². The highest BCUT2D eigenvalue weighted by atomic mass is 79.9. The first kappa shape index (κ1) is 14.1. The van der Waals surface area contributed by atoms with Gasteiger partial charge in [-0.2, -0.15) is 0 Å². The van der Waals surface area contributed by atoms with Crippen molar-refractivity contribution < 1.29 is 13.9 Å². The summed E-state index contributed by atoms with van der Waals surface area (Å²) in [6.07, 6.45) is 0.775. The SMILES string of the molecule is COCCCN(C)C(=O)c1ccc(F)cc1Br.